The minimum atomic E-state index is -0.667. The van der Waals surface area contributed by atoms with E-state index in [2.05, 4.69) is 32.8 Å². The molecule has 0 spiro atoms. The van der Waals surface area contributed by atoms with Crippen molar-refractivity contribution in [2.45, 2.75) is 46.3 Å². The number of hydrogen-bond acceptors (Lipinski definition) is 6. The fourth-order valence-electron chi connectivity index (χ4n) is 3.92. The lowest BCUT2D eigenvalue weighted by molar-refractivity contribution is 0.391. The molecule has 2 aliphatic heterocycles. The number of aromatic nitrogens is 1. The van der Waals surface area contributed by atoms with Crippen LogP contribution in [0.1, 0.15) is 34.1 Å². The first-order chi connectivity index (χ1) is 19.2. The summed E-state index contributed by atoms with van der Waals surface area (Å²) in [5.74, 6) is 1.56. The zero-order valence-corrected chi connectivity index (χ0v) is 25.3. The summed E-state index contributed by atoms with van der Waals surface area (Å²) < 4.78 is 23.1. The van der Waals surface area contributed by atoms with Crippen LogP contribution in [0.4, 0.5) is 14.6 Å². The van der Waals surface area contributed by atoms with Crippen LogP contribution >= 0.6 is 23.4 Å². The van der Waals surface area contributed by atoms with Gasteiger partial charge in [0.2, 0.25) is 0 Å². The third kappa shape index (κ3) is 10.7. The molecule has 1 aromatic carbocycles. The van der Waals surface area contributed by atoms with Crippen LogP contribution in [-0.2, 0) is 0 Å². The summed E-state index contributed by atoms with van der Waals surface area (Å²) >= 11 is 7.02. The number of halogens is 3. The zero-order valence-electron chi connectivity index (χ0n) is 23.7. The van der Waals surface area contributed by atoms with E-state index in [-0.39, 0.29) is 11.9 Å². The van der Waals surface area contributed by atoms with Gasteiger partial charge in [0.1, 0.15) is 17.5 Å². The van der Waals surface area contributed by atoms with Crippen LogP contribution in [0.3, 0.4) is 0 Å². The molecule has 9 heteroatoms. The number of nitrogens with one attached hydrogen (secondary N) is 1. The van der Waals surface area contributed by atoms with E-state index < -0.39 is 6.17 Å². The number of allylic oxidation sites excluding steroid dienone is 3. The Bertz CT molecular complexity index is 1240. The first kappa shape index (κ1) is 33.0. The maximum absolute atomic E-state index is 12.1. The first-order valence-corrected chi connectivity index (χ1v) is 14.3. The van der Waals surface area contributed by atoms with Crippen molar-refractivity contribution in [3.63, 3.8) is 0 Å². The highest BCUT2D eigenvalue weighted by Crippen LogP contribution is 2.34. The molecular weight excluding hydrogens is 548 g/mol. The average Bonchev–Trinajstić information content (AvgIpc) is 3.34. The molecule has 2 aromatic rings. The number of rotatable bonds is 7. The molecule has 1 fully saturated rings. The topological polar surface area (TPSA) is 52.9 Å². The van der Waals surface area contributed by atoms with Gasteiger partial charge in [0.15, 0.2) is 0 Å². The molecule has 1 aromatic heterocycles. The summed E-state index contributed by atoms with van der Waals surface area (Å²) in [6, 6.07) is 12.0. The quantitative estimate of drug-likeness (QED) is 0.331. The molecule has 3 heterocycles. The van der Waals surface area contributed by atoms with Crippen molar-refractivity contribution in [2.75, 3.05) is 25.5 Å². The number of alkyl halides is 1. The van der Waals surface area contributed by atoms with Crippen molar-refractivity contribution in [1.29, 1.82) is 0 Å². The minimum Gasteiger partial charge on any atom is -0.365 e. The predicted octanol–water partition coefficient (Wildman–Crippen LogP) is 8.50. The summed E-state index contributed by atoms with van der Waals surface area (Å²) in [7, 11) is 1.84. The summed E-state index contributed by atoms with van der Waals surface area (Å²) in [6.45, 7) is 12.7. The highest BCUT2D eigenvalue weighted by atomic mass is 35.5. The monoisotopic (exact) mass is 585 g/mol. The van der Waals surface area contributed by atoms with Gasteiger partial charge in [-0.25, -0.2) is 13.8 Å². The van der Waals surface area contributed by atoms with Crippen LogP contribution in [-0.4, -0.2) is 53.8 Å². The molecule has 4 rings (SSSR count). The molecule has 2 aliphatic rings. The number of nitrogens with zero attached hydrogens (tertiary/aromatic N) is 4. The fourth-order valence-corrected chi connectivity index (χ4v) is 4.68. The molecule has 0 saturated carbocycles. The van der Waals surface area contributed by atoms with Crippen molar-refractivity contribution in [3.05, 3.63) is 106 Å². The average molecular weight is 586 g/mol. The number of anilines is 1. The van der Waals surface area contributed by atoms with E-state index >= 15 is 0 Å². The Morgan fingerprint density at radius 2 is 1.98 bits per heavy atom. The number of thioether (sulfide) groups is 1. The van der Waals surface area contributed by atoms with Crippen molar-refractivity contribution in [1.82, 2.24) is 9.88 Å². The zero-order chi connectivity index (χ0) is 29.5. The molecule has 0 radical (unpaired) electrons. The lowest BCUT2D eigenvalue weighted by atomic mass is 10.0. The van der Waals surface area contributed by atoms with E-state index in [9.17, 15) is 8.78 Å². The Morgan fingerprint density at radius 3 is 2.52 bits per heavy atom. The molecule has 0 bridgehead atoms. The molecule has 1 saturated heterocycles. The number of benzene rings is 1. The number of fused-ring (bicyclic) bond motifs is 1. The van der Waals surface area contributed by atoms with Gasteiger partial charge in [0.05, 0.1) is 24.5 Å². The van der Waals surface area contributed by atoms with Gasteiger partial charge in [-0.15, -0.1) is 0 Å². The summed E-state index contributed by atoms with van der Waals surface area (Å²) in [4.78, 5) is 17.0. The molecular formula is C31H38ClF2N5S. The number of aliphatic imine (C=N–C) groups is 2. The minimum absolute atomic E-state index is 0.256. The molecule has 1 unspecified atom stereocenters. The van der Waals surface area contributed by atoms with Crippen LogP contribution in [0, 0.1) is 5.82 Å². The van der Waals surface area contributed by atoms with Gasteiger partial charge in [-0.3, -0.25) is 9.98 Å². The molecule has 5 nitrogen and oxygen atoms in total. The first-order valence-electron chi connectivity index (χ1n) is 13.0. The van der Waals surface area contributed by atoms with Gasteiger partial charge in [-0.2, -0.15) is 0 Å². The van der Waals surface area contributed by atoms with E-state index in [1.165, 1.54) is 37.3 Å². The molecule has 40 heavy (non-hydrogen) atoms. The van der Waals surface area contributed by atoms with Gasteiger partial charge in [0.25, 0.3) is 0 Å². The summed E-state index contributed by atoms with van der Waals surface area (Å²) in [5, 5.41) is 6.04. The molecule has 214 valence electrons. The van der Waals surface area contributed by atoms with Gasteiger partial charge in [0, 0.05) is 47.4 Å². The summed E-state index contributed by atoms with van der Waals surface area (Å²) in [5.41, 5.74) is 3.47. The van der Waals surface area contributed by atoms with Crippen molar-refractivity contribution < 1.29 is 8.78 Å². The van der Waals surface area contributed by atoms with Gasteiger partial charge < -0.3 is 10.2 Å². The molecule has 1 N–H and O–H groups in total. The van der Waals surface area contributed by atoms with Crippen LogP contribution in [0.25, 0.3) is 0 Å². The lowest BCUT2D eigenvalue weighted by Crippen LogP contribution is -2.35. The standard InChI is InChI=1S/C22H27N5S.C6H4ClF.C3H7F/c1-5-9-19(23-4)18-14-25-22(16(3)28-12-6-2)27-15-17(13-20(18)27)26-21-10-7-8-11-24-21;7-5-2-1-3-6(8)4-5;1-3(2)4/h5-12,17H,3,13-15H2,1-2,4H3,(H,24,26);1-4H;3H,1-2H3/b9-5-,12-6-,23-19?;;. The summed E-state index contributed by atoms with van der Waals surface area (Å²) in [6.07, 6.45) is 8.15. The largest absolute Gasteiger partial charge is 0.365 e. The fraction of sp³-hybridized carbons (Fsp3) is 0.323. The number of amidine groups is 1. The second-order valence-corrected chi connectivity index (χ2v) is 10.4. The maximum atomic E-state index is 12.1. The molecule has 0 amide bonds. The number of pyridine rings is 1. The van der Waals surface area contributed by atoms with E-state index in [1.807, 2.05) is 62.9 Å². The third-order valence-electron chi connectivity index (χ3n) is 5.43. The van der Waals surface area contributed by atoms with E-state index in [4.69, 9.17) is 16.6 Å². The SMILES string of the molecule is C=C(S/C=C\C)C1=NCC(C(/C=C\C)=NC)=C2CC(Nc3ccccn3)CN12.CC(C)F.Fc1cccc(Cl)c1. The van der Waals surface area contributed by atoms with Gasteiger partial charge in [-0.1, -0.05) is 54.2 Å². The Balaban J connectivity index is 0.000000387. The van der Waals surface area contributed by atoms with Gasteiger partial charge in [-0.05, 0) is 69.5 Å². The van der Waals surface area contributed by atoms with Crippen LogP contribution in [0.5, 0.6) is 0 Å². The van der Waals surface area contributed by atoms with Gasteiger partial charge >= 0.3 is 0 Å². The third-order valence-corrected chi connectivity index (χ3v) is 6.54. The Hall–Kier alpha value is -3.23. The molecule has 1 atom stereocenters. The van der Waals surface area contributed by atoms with E-state index in [1.54, 1.807) is 23.9 Å². The van der Waals surface area contributed by atoms with Crippen molar-refractivity contribution >= 4 is 40.7 Å². The Kier molecular flexibility index (Phi) is 14.4. The lowest BCUT2D eigenvalue weighted by Gasteiger charge is -2.29. The normalized spacial score (nSPS) is 16.8. The van der Waals surface area contributed by atoms with Crippen molar-refractivity contribution in [3.8, 4) is 0 Å². The highest BCUT2D eigenvalue weighted by Gasteiger charge is 2.35. The highest BCUT2D eigenvalue weighted by molar-refractivity contribution is 8.06. The van der Waals surface area contributed by atoms with Crippen LogP contribution in [0.15, 0.2) is 105 Å². The second kappa shape index (κ2) is 17.5. The van der Waals surface area contributed by atoms with Crippen LogP contribution in [0.2, 0.25) is 5.02 Å². The van der Waals surface area contributed by atoms with Crippen molar-refractivity contribution in [2.24, 2.45) is 9.98 Å². The van der Waals surface area contributed by atoms with Crippen LogP contribution < -0.4 is 5.32 Å². The Morgan fingerprint density at radius 1 is 1.23 bits per heavy atom. The van der Waals surface area contributed by atoms with E-state index in [0.29, 0.717) is 11.6 Å². The van der Waals surface area contributed by atoms with E-state index in [0.717, 1.165) is 35.2 Å². The second-order valence-electron chi connectivity index (χ2n) is 9.01. The number of hydrogen-bond donors (Lipinski definition) is 1. The maximum Gasteiger partial charge on any atom is 0.141 e. The molecule has 0 aliphatic carbocycles. The smallest absolute Gasteiger partial charge is 0.141 e. The Labute approximate surface area is 246 Å². The predicted molar refractivity (Wildman–Crippen MR) is 170 cm³/mol.